The number of nitrogens with zero attached hydrogens (tertiary/aromatic N) is 4. The first kappa shape index (κ1) is 13.8. The lowest BCUT2D eigenvalue weighted by Crippen LogP contribution is -2.17. The van der Waals surface area contributed by atoms with E-state index in [4.69, 9.17) is 0 Å². The number of hydrogen-bond donors (Lipinski definition) is 1. The van der Waals surface area contributed by atoms with Crippen molar-refractivity contribution < 1.29 is 4.79 Å². The lowest BCUT2D eigenvalue weighted by atomic mass is 10.2. The molecule has 0 saturated carbocycles. The van der Waals surface area contributed by atoms with Crippen molar-refractivity contribution in [3.8, 4) is 0 Å². The Hall–Kier alpha value is -2.15. The summed E-state index contributed by atoms with van der Waals surface area (Å²) in [5.74, 6) is 0.212. The normalized spacial score (nSPS) is 12.5. The number of carbonyl (C=O) groups excluding carboxylic acids is 1. The second-order valence-electron chi connectivity index (χ2n) is 4.82. The first-order valence-corrected chi connectivity index (χ1v) is 7.35. The molecule has 0 bridgehead atoms. The summed E-state index contributed by atoms with van der Waals surface area (Å²) in [6, 6.07) is 7.68. The van der Waals surface area contributed by atoms with Crippen molar-refractivity contribution in [1.82, 2.24) is 19.2 Å². The SMILES string of the molecule is C[C@H](CC(=O)Nc1nc2ccc(Br)cn2n1)n1cccc1. The van der Waals surface area contributed by atoms with Gasteiger partial charge < -0.3 is 4.57 Å². The molecule has 3 heterocycles. The maximum atomic E-state index is 12.0. The average molecular weight is 348 g/mol. The fourth-order valence-electron chi connectivity index (χ4n) is 2.10. The molecule has 0 aliphatic carbocycles. The van der Waals surface area contributed by atoms with Crippen LogP contribution in [0.5, 0.6) is 0 Å². The molecule has 3 rings (SSSR count). The first-order chi connectivity index (χ1) is 10.1. The standard InChI is InChI=1S/C14H14BrN5O/c1-10(19-6-2-3-7-19)8-13(21)17-14-16-12-5-4-11(15)9-20(12)18-14/h2-7,9-10H,8H2,1H3,(H,17,18,21)/t10-/m1/s1. The monoisotopic (exact) mass is 347 g/mol. The van der Waals surface area contributed by atoms with Gasteiger partial charge in [0.1, 0.15) is 0 Å². The highest BCUT2D eigenvalue weighted by Crippen LogP contribution is 2.14. The number of anilines is 1. The highest BCUT2D eigenvalue weighted by Gasteiger charge is 2.12. The molecule has 0 aliphatic heterocycles. The van der Waals surface area contributed by atoms with E-state index in [1.54, 1.807) is 10.7 Å². The van der Waals surface area contributed by atoms with Gasteiger partial charge in [0.15, 0.2) is 5.65 Å². The quantitative estimate of drug-likeness (QED) is 0.789. The second-order valence-corrected chi connectivity index (χ2v) is 5.73. The number of amides is 1. The van der Waals surface area contributed by atoms with Gasteiger partial charge in [0.2, 0.25) is 11.9 Å². The number of carbonyl (C=O) groups is 1. The molecule has 21 heavy (non-hydrogen) atoms. The van der Waals surface area contributed by atoms with Crippen molar-refractivity contribution in [3.63, 3.8) is 0 Å². The molecule has 1 atom stereocenters. The van der Waals surface area contributed by atoms with E-state index in [2.05, 4.69) is 31.3 Å². The predicted octanol–water partition coefficient (Wildman–Crippen LogP) is 2.88. The van der Waals surface area contributed by atoms with Crippen molar-refractivity contribution in [3.05, 3.63) is 47.3 Å². The fraction of sp³-hybridized carbons (Fsp3) is 0.214. The number of aromatic nitrogens is 4. The van der Waals surface area contributed by atoms with Gasteiger partial charge in [-0.25, -0.2) is 4.52 Å². The summed E-state index contributed by atoms with van der Waals surface area (Å²) in [6.07, 6.45) is 6.05. The van der Waals surface area contributed by atoms with E-state index < -0.39 is 0 Å². The van der Waals surface area contributed by atoms with Crippen molar-refractivity contribution in [2.24, 2.45) is 0 Å². The van der Waals surface area contributed by atoms with Gasteiger partial charge in [0.05, 0.1) is 0 Å². The maximum Gasteiger partial charge on any atom is 0.249 e. The Bertz CT molecular complexity index is 765. The van der Waals surface area contributed by atoms with E-state index in [1.807, 2.05) is 48.1 Å². The van der Waals surface area contributed by atoms with E-state index in [9.17, 15) is 4.79 Å². The Kier molecular flexibility index (Phi) is 3.74. The number of halogens is 1. The molecule has 3 aromatic rings. The molecule has 6 nitrogen and oxygen atoms in total. The Labute approximate surface area is 129 Å². The number of fused-ring (bicyclic) bond motifs is 1. The Balaban J connectivity index is 1.68. The molecule has 3 aromatic heterocycles. The summed E-state index contributed by atoms with van der Waals surface area (Å²) in [5, 5.41) is 6.95. The van der Waals surface area contributed by atoms with Gasteiger partial charge >= 0.3 is 0 Å². The van der Waals surface area contributed by atoms with Crippen LogP contribution in [0, 0.1) is 0 Å². The van der Waals surface area contributed by atoms with Gasteiger partial charge in [0, 0.05) is 35.5 Å². The predicted molar refractivity (Wildman–Crippen MR) is 83.1 cm³/mol. The van der Waals surface area contributed by atoms with Crippen LogP contribution in [0.25, 0.3) is 5.65 Å². The smallest absolute Gasteiger partial charge is 0.249 e. The Morgan fingerprint density at radius 1 is 1.38 bits per heavy atom. The average Bonchev–Trinajstić information content (AvgIpc) is 3.06. The molecule has 0 spiro atoms. The maximum absolute atomic E-state index is 12.0. The van der Waals surface area contributed by atoms with Crippen molar-refractivity contribution in [2.75, 3.05) is 5.32 Å². The van der Waals surface area contributed by atoms with Crippen LogP contribution in [0.15, 0.2) is 47.3 Å². The summed E-state index contributed by atoms with van der Waals surface area (Å²) >= 11 is 3.37. The van der Waals surface area contributed by atoms with E-state index in [1.165, 1.54) is 0 Å². The van der Waals surface area contributed by atoms with Gasteiger partial charge in [-0.15, -0.1) is 5.10 Å². The van der Waals surface area contributed by atoms with E-state index >= 15 is 0 Å². The van der Waals surface area contributed by atoms with Crippen LogP contribution in [0.2, 0.25) is 0 Å². The summed E-state index contributed by atoms with van der Waals surface area (Å²) in [6.45, 7) is 1.99. The third-order valence-electron chi connectivity index (χ3n) is 3.16. The molecule has 0 saturated heterocycles. The molecule has 0 aromatic carbocycles. The molecule has 0 radical (unpaired) electrons. The zero-order chi connectivity index (χ0) is 14.8. The van der Waals surface area contributed by atoms with Crippen LogP contribution in [0.3, 0.4) is 0 Å². The molecule has 1 N–H and O–H groups in total. The Morgan fingerprint density at radius 2 is 2.14 bits per heavy atom. The minimum absolute atomic E-state index is 0.0891. The Morgan fingerprint density at radius 3 is 2.90 bits per heavy atom. The van der Waals surface area contributed by atoms with Crippen LogP contribution in [0.1, 0.15) is 19.4 Å². The van der Waals surface area contributed by atoms with E-state index in [0.717, 1.165) is 4.47 Å². The van der Waals surface area contributed by atoms with Crippen molar-refractivity contribution in [2.45, 2.75) is 19.4 Å². The molecule has 0 aliphatic rings. The van der Waals surface area contributed by atoms with Crippen LogP contribution in [-0.4, -0.2) is 25.1 Å². The molecular weight excluding hydrogens is 334 g/mol. The van der Waals surface area contributed by atoms with Gasteiger partial charge in [-0.2, -0.15) is 4.98 Å². The summed E-state index contributed by atoms with van der Waals surface area (Å²) < 4.78 is 4.52. The number of pyridine rings is 1. The summed E-state index contributed by atoms with van der Waals surface area (Å²) in [4.78, 5) is 16.3. The number of hydrogen-bond acceptors (Lipinski definition) is 3. The minimum atomic E-state index is -0.105. The topological polar surface area (TPSA) is 64.2 Å². The summed E-state index contributed by atoms with van der Waals surface area (Å²) in [7, 11) is 0. The molecule has 7 heteroatoms. The molecule has 0 unspecified atom stereocenters. The lowest BCUT2D eigenvalue weighted by molar-refractivity contribution is -0.116. The van der Waals surface area contributed by atoms with Crippen LogP contribution in [0.4, 0.5) is 5.95 Å². The second kappa shape index (κ2) is 5.69. The molecule has 108 valence electrons. The van der Waals surface area contributed by atoms with Crippen molar-refractivity contribution >= 4 is 33.4 Å². The summed E-state index contributed by atoms with van der Waals surface area (Å²) in [5.41, 5.74) is 0.687. The molecular formula is C14H14BrN5O. The van der Waals surface area contributed by atoms with Gasteiger partial charge in [-0.3, -0.25) is 10.1 Å². The van der Waals surface area contributed by atoms with Gasteiger partial charge in [-0.1, -0.05) is 0 Å². The van der Waals surface area contributed by atoms with E-state index in [0.29, 0.717) is 18.0 Å². The zero-order valence-corrected chi connectivity index (χ0v) is 13.0. The van der Waals surface area contributed by atoms with Crippen LogP contribution >= 0.6 is 15.9 Å². The first-order valence-electron chi connectivity index (χ1n) is 6.56. The lowest BCUT2D eigenvalue weighted by Gasteiger charge is -2.12. The van der Waals surface area contributed by atoms with Gasteiger partial charge in [-0.05, 0) is 47.1 Å². The largest absolute Gasteiger partial charge is 0.351 e. The minimum Gasteiger partial charge on any atom is -0.351 e. The van der Waals surface area contributed by atoms with Gasteiger partial charge in [0.25, 0.3) is 0 Å². The fourth-order valence-corrected chi connectivity index (χ4v) is 2.43. The third-order valence-corrected chi connectivity index (χ3v) is 3.63. The zero-order valence-electron chi connectivity index (χ0n) is 11.4. The molecule has 1 amide bonds. The van der Waals surface area contributed by atoms with Crippen LogP contribution in [-0.2, 0) is 4.79 Å². The highest BCUT2D eigenvalue weighted by atomic mass is 79.9. The highest BCUT2D eigenvalue weighted by molar-refractivity contribution is 9.10. The number of rotatable bonds is 4. The van der Waals surface area contributed by atoms with Crippen LogP contribution < -0.4 is 5.32 Å². The van der Waals surface area contributed by atoms with E-state index in [-0.39, 0.29) is 11.9 Å². The molecule has 0 fully saturated rings. The van der Waals surface area contributed by atoms with Crippen molar-refractivity contribution in [1.29, 1.82) is 0 Å². The number of nitrogens with one attached hydrogen (secondary N) is 1. The third kappa shape index (κ3) is 3.13.